The van der Waals surface area contributed by atoms with Gasteiger partial charge in [-0.1, -0.05) is 6.92 Å². The Labute approximate surface area is 293 Å². The molecule has 10 heteroatoms. The molecule has 1 saturated heterocycles. The summed E-state index contributed by atoms with van der Waals surface area (Å²) in [5.74, 6) is -0.623. The molecule has 5 rings (SSSR count). The molecule has 3 aromatic carbocycles. The number of carbonyl (C=O) groups is 1. The fraction of sp³-hybridized carbons (Fsp3) is 0.450. The predicted molar refractivity (Wildman–Crippen MR) is 194 cm³/mol. The quantitative estimate of drug-likeness (QED) is 0.0874. The highest BCUT2D eigenvalue weighted by molar-refractivity contribution is 6.07. The average Bonchev–Trinajstić information content (AvgIpc) is 3.10. The fourth-order valence-corrected chi connectivity index (χ4v) is 6.80. The number of benzene rings is 3. The van der Waals surface area contributed by atoms with Crippen LogP contribution in [0.5, 0.6) is 17.2 Å². The van der Waals surface area contributed by atoms with Crippen molar-refractivity contribution in [3.63, 3.8) is 0 Å². The van der Waals surface area contributed by atoms with Crippen LogP contribution in [0.4, 0.5) is 14.5 Å². The molecule has 0 radical (unpaired) electrons. The van der Waals surface area contributed by atoms with Gasteiger partial charge in [0, 0.05) is 54.1 Å². The summed E-state index contributed by atoms with van der Waals surface area (Å²) in [7, 11) is 3.94. The third kappa shape index (κ3) is 9.01. The van der Waals surface area contributed by atoms with Crippen molar-refractivity contribution in [2.75, 3.05) is 58.5 Å². The molecule has 4 aromatic rings. The van der Waals surface area contributed by atoms with Gasteiger partial charge in [0.05, 0.1) is 58.2 Å². The lowest BCUT2D eigenvalue weighted by molar-refractivity contribution is -0.914. The normalized spacial score (nSPS) is 14.0. The van der Waals surface area contributed by atoms with E-state index in [1.165, 1.54) is 67.3 Å². The second-order valence-electron chi connectivity index (χ2n) is 13.4. The van der Waals surface area contributed by atoms with Crippen LogP contribution in [0.25, 0.3) is 16.6 Å². The van der Waals surface area contributed by atoms with Gasteiger partial charge in [0.15, 0.2) is 0 Å². The number of anilines is 1. The molecule has 0 atom stereocenters. The van der Waals surface area contributed by atoms with Gasteiger partial charge >= 0.3 is 0 Å². The molecular formula is C40H50F2N3O5+. The molecule has 0 unspecified atom stereocenters. The van der Waals surface area contributed by atoms with Crippen LogP contribution in [0, 0.1) is 11.6 Å². The van der Waals surface area contributed by atoms with Gasteiger partial charge < -0.3 is 28.2 Å². The molecule has 50 heavy (non-hydrogen) atoms. The highest BCUT2D eigenvalue weighted by Crippen LogP contribution is 2.30. The average molecular weight is 691 g/mol. The maximum Gasteiger partial charge on any atom is 0.263 e. The zero-order valence-corrected chi connectivity index (χ0v) is 29.8. The maximum absolute atomic E-state index is 14.2. The number of amides is 1. The van der Waals surface area contributed by atoms with Gasteiger partial charge in [-0.3, -0.25) is 9.59 Å². The Balaban J connectivity index is 1.44. The Bertz CT molecular complexity index is 1820. The van der Waals surface area contributed by atoms with Gasteiger partial charge in [-0.15, -0.1) is 0 Å². The Hall–Kier alpha value is -4.44. The number of ether oxygens (including phenoxy) is 3. The van der Waals surface area contributed by atoms with E-state index in [1.54, 1.807) is 48.9 Å². The van der Waals surface area contributed by atoms with Crippen LogP contribution < -0.4 is 24.5 Å². The van der Waals surface area contributed by atoms with Crippen LogP contribution in [0.2, 0.25) is 0 Å². The Morgan fingerprint density at radius 2 is 1.54 bits per heavy atom. The standard InChI is InChI=1S/C40H50F2N3O5/c1-5-19-49-35-25-32(24-34(26-35)48-4)44-28-37(40(47)43(6-2)31-22-29(41)21-30(42)23-31)39(46)36-15-14-33(27-38(36)44)50-20-13-8-7-10-16-45(3)17-11-9-12-18-45/h14-15,21-28H,5-13,16-20H2,1-4H3/q+1. The number of quaternary nitrogens is 1. The lowest BCUT2D eigenvalue weighted by Gasteiger charge is -2.37. The highest BCUT2D eigenvalue weighted by Gasteiger charge is 2.25. The van der Waals surface area contributed by atoms with Crippen LogP contribution in [0.1, 0.15) is 75.6 Å². The molecule has 1 fully saturated rings. The number of rotatable bonds is 16. The largest absolute Gasteiger partial charge is 0.497 e. The van der Waals surface area contributed by atoms with Crippen molar-refractivity contribution in [3.8, 4) is 22.9 Å². The van der Waals surface area contributed by atoms with E-state index in [0.29, 0.717) is 41.7 Å². The fourth-order valence-electron chi connectivity index (χ4n) is 6.80. The molecule has 1 aliphatic rings. The summed E-state index contributed by atoms with van der Waals surface area (Å²) in [5, 5.41) is 0.290. The first kappa shape index (κ1) is 36.8. The number of aromatic nitrogens is 1. The van der Waals surface area contributed by atoms with Crippen LogP contribution in [-0.2, 0) is 0 Å². The summed E-state index contributed by atoms with van der Waals surface area (Å²) < 4.78 is 49.0. The van der Waals surface area contributed by atoms with E-state index in [9.17, 15) is 18.4 Å². The minimum absolute atomic E-state index is 0.0173. The molecule has 2 heterocycles. The molecular weight excluding hydrogens is 640 g/mol. The van der Waals surface area contributed by atoms with E-state index in [0.717, 1.165) is 37.5 Å². The first-order valence-electron chi connectivity index (χ1n) is 17.9. The van der Waals surface area contributed by atoms with Crippen molar-refractivity contribution in [3.05, 3.63) is 88.2 Å². The number of fused-ring (bicyclic) bond motifs is 1. The van der Waals surface area contributed by atoms with Crippen LogP contribution in [0.3, 0.4) is 0 Å². The molecule has 1 aliphatic heterocycles. The summed E-state index contributed by atoms with van der Waals surface area (Å²) in [6, 6.07) is 13.5. The molecule has 268 valence electrons. The van der Waals surface area contributed by atoms with Crippen molar-refractivity contribution in [1.29, 1.82) is 0 Å². The lowest BCUT2D eigenvalue weighted by Crippen LogP contribution is -2.48. The van der Waals surface area contributed by atoms with Crippen molar-refractivity contribution < 1.29 is 32.3 Å². The van der Waals surface area contributed by atoms with Gasteiger partial charge in [0.25, 0.3) is 5.91 Å². The van der Waals surface area contributed by atoms with Gasteiger partial charge in [-0.25, -0.2) is 8.78 Å². The first-order valence-corrected chi connectivity index (χ1v) is 17.9. The van der Waals surface area contributed by atoms with E-state index in [4.69, 9.17) is 14.2 Å². The molecule has 0 N–H and O–H groups in total. The molecule has 0 bridgehead atoms. The Kier molecular flexibility index (Phi) is 12.5. The van der Waals surface area contributed by atoms with E-state index in [1.807, 2.05) is 13.0 Å². The summed E-state index contributed by atoms with van der Waals surface area (Å²) in [4.78, 5) is 29.2. The second-order valence-corrected chi connectivity index (χ2v) is 13.4. The van der Waals surface area contributed by atoms with Gasteiger partial charge in [0.1, 0.15) is 34.4 Å². The SMILES string of the molecule is CCCOc1cc(OC)cc(-n2cc(C(=O)N(CC)c3cc(F)cc(F)c3)c(=O)c3ccc(OCCCCCC[N+]4(C)CCCCC4)cc32)c1. The number of carbonyl (C=O) groups excluding carboxylic acids is 1. The summed E-state index contributed by atoms with van der Waals surface area (Å²) in [6.07, 6.45) is 10.7. The monoisotopic (exact) mass is 690 g/mol. The van der Waals surface area contributed by atoms with E-state index in [2.05, 4.69) is 7.05 Å². The second kappa shape index (κ2) is 17.0. The number of likely N-dealkylation sites (tertiary alicyclic amines) is 1. The van der Waals surface area contributed by atoms with Gasteiger partial charge in [-0.05, 0) is 82.6 Å². The minimum atomic E-state index is -0.821. The number of pyridine rings is 1. The number of unbranched alkanes of at least 4 members (excludes halogenated alkanes) is 3. The molecule has 0 saturated carbocycles. The zero-order chi connectivity index (χ0) is 35.7. The van der Waals surface area contributed by atoms with Crippen LogP contribution in [0.15, 0.2) is 65.6 Å². The highest BCUT2D eigenvalue weighted by atomic mass is 19.1. The van der Waals surface area contributed by atoms with Crippen molar-refractivity contribution >= 4 is 22.5 Å². The number of hydrogen-bond acceptors (Lipinski definition) is 5. The zero-order valence-electron chi connectivity index (χ0n) is 29.8. The number of halogens is 2. The van der Waals surface area contributed by atoms with Crippen LogP contribution >= 0.6 is 0 Å². The third-order valence-corrected chi connectivity index (χ3v) is 9.54. The number of methoxy groups -OCH3 is 1. The van der Waals surface area contributed by atoms with Crippen molar-refractivity contribution in [2.45, 2.75) is 65.2 Å². The van der Waals surface area contributed by atoms with E-state index < -0.39 is 23.0 Å². The van der Waals surface area contributed by atoms with Crippen molar-refractivity contribution in [1.82, 2.24) is 4.57 Å². The van der Waals surface area contributed by atoms with E-state index >= 15 is 0 Å². The molecule has 0 spiro atoms. The Morgan fingerprint density at radius 1 is 0.840 bits per heavy atom. The Morgan fingerprint density at radius 3 is 2.24 bits per heavy atom. The number of piperidine rings is 1. The summed E-state index contributed by atoms with van der Waals surface area (Å²) in [6.45, 7) is 8.62. The van der Waals surface area contributed by atoms with Gasteiger partial charge in [-0.2, -0.15) is 0 Å². The molecule has 1 aromatic heterocycles. The molecule has 8 nitrogen and oxygen atoms in total. The smallest absolute Gasteiger partial charge is 0.263 e. The first-order chi connectivity index (χ1) is 24.1. The topological polar surface area (TPSA) is 70.0 Å². The molecule has 1 amide bonds. The van der Waals surface area contributed by atoms with Crippen LogP contribution in [-0.4, -0.2) is 68.5 Å². The van der Waals surface area contributed by atoms with E-state index in [-0.39, 0.29) is 23.2 Å². The third-order valence-electron chi connectivity index (χ3n) is 9.54. The summed E-state index contributed by atoms with van der Waals surface area (Å²) in [5.41, 5.74) is 0.480. The molecule has 0 aliphatic carbocycles. The lowest BCUT2D eigenvalue weighted by atomic mass is 10.1. The number of hydrogen-bond donors (Lipinski definition) is 0. The summed E-state index contributed by atoms with van der Waals surface area (Å²) >= 11 is 0. The minimum Gasteiger partial charge on any atom is -0.497 e. The van der Waals surface area contributed by atoms with Gasteiger partial charge in [0.2, 0.25) is 5.43 Å². The number of nitrogens with zero attached hydrogens (tertiary/aromatic N) is 3. The van der Waals surface area contributed by atoms with Crippen molar-refractivity contribution in [2.24, 2.45) is 0 Å². The maximum atomic E-state index is 14.2. The predicted octanol–water partition coefficient (Wildman–Crippen LogP) is 8.30.